The molecule has 1 unspecified atom stereocenters. The fourth-order valence-corrected chi connectivity index (χ4v) is 6.91. The van der Waals surface area contributed by atoms with Gasteiger partial charge in [0.15, 0.2) is 29.1 Å². The van der Waals surface area contributed by atoms with Crippen LogP contribution in [0.25, 0.3) is 0 Å². The zero-order valence-corrected chi connectivity index (χ0v) is 29.8. The summed E-state index contributed by atoms with van der Waals surface area (Å²) in [5.41, 5.74) is 6.68. The molecule has 1 aliphatic carbocycles. The molecule has 47 heavy (non-hydrogen) atoms. The van der Waals surface area contributed by atoms with Crippen LogP contribution in [0.2, 0.25) is 0 Å². The molecular weight excluding hydrogens is 732 g/mol. The van der Waals surface area contributed by atoms with Gasteiger partial charge in [0, 0.05) is 41.6 Å². The van der Waals surface area contributed by atoms with Crippen molar-refractivity contribution < 1.29 is 33.9 Å². The molecule has 1 atom stereocenters. The summed E-state index contributed by atoms with van der Waals surface area (Å²) in [5.74, 6) is 2.95. The van der Waals surface area contributed by atoms with E-state index in [-0.39, 0.29) is 6.61 Å². The predicted molar refractivity (Wildman–Crippen MR) is 187 cm³/mol. The summed E-state index contributed by atoms with van der Waals surface area (Å²) in [5, 5.41) is 19.9. The monoisotopic (exact) mass is 770 g/mol. The molecule has 9 nitrogen and oxygen atoms in total. The number of hydrogen-bond donors (Lipinski definition) is 2. The molecule has 11 heteroatoms. The number of nitrogens with zero attached hydrogens (tertiary/aromatic N) is 2. The molecule has 3 heterocycles. The molecule has 7 rings (SSSR count). The summed E-state index contributed by atoms with van der Waals surface area (Å²) in [4.78, 5) is 4.24. The Kier molecular flexibility index (Phi) is 11.1. The molecule has 250 valence electrons. The van der Waals surface area contributed by atoms with E-state index in [1.54, 1.807) is 0 Å². The fraction of sp³-hybridized carbons (Fsp3) is 0.389. The topological polar surface area (TPSA) is 93.1 Å². The minimum Gasteiger partial charge on any atom is -0.454 e. The van der Waals surface area contributed by atoms with Gasteiger partial charge in [-0.1, -0.05) is 50.1 Å². The van der Waals surface area contributed by atoms with Crippen molar-refractivity contribution in [2.24, 2.45) is 0 Å². The Bertz CT molecular complexity index is 1620. The second kappa shape index (κ2) is 15.4. The summed E-state index contributed by atoms with van der Waals surface area (Å²) in [6.07, 6.45) is 4.95. The standard InChI is InChI=1S/C18H20BrNO4.C18H20BrNO3/c1-20(8-9-21)11-12-6-7-13(19)10-14(12)17(22)18-23-15-4-2-3-5-16(15)24-18;1-12-7-15(9-17-18(12)23-11-22-17)20-10-21-6-2-3-13-4-5-14(19)8-16(13)20/h2-7,10,17-18,21-22H,8-9,11H2,1H3;7-9H,2-6,10-11H2,1H3. The maximum absolute atomic E-state index is 10.8. The molecule has 0 amide bonds. The number of anilines is 1. The van der Waals surface area contributed by atoms with E-state index >= 15 is 0 Å². The van der Waals surface area contributed by atoms with Crippen LogP contribution in [-0.4, -0.2) is 61.7 Å². The maximum Gasteiger partial charge on any atom is 0.271 e. The third-order valence-electron chi connectivity index (χ3n) is 8.50. The molecule has 0 aromatic heterocycles. The molecule has 0 saturated carbocycles. The number of hydrogen-bond acceptors (Lipinski definition) is 9. The van der Waals surface area contributed by atoms with Crippen LogP contribution in [0.4, 0.5) is 5.69 Å². The Balaban J connectivity index is 0.000000164. The second-order valence-corrected chi connectivity index (χ2v) is 13.9. The van der Waals surface area contributed by atoms with Crippen molar-refractivity contribution in [3.63, 3.8) is 0 Å². The van der Waals surface area contributed by atoms with Crippen LogP contribution in [0.3, 0.4) is 0 Å². The molecule has 3 aromatic carbocycles. The van der Waals surface area contributed by atoms with E-state index < -0.39 is 12.4 Å². The van der Waals surface area contributed by atoms with E-state index in [1.165, 1.54) is 15.8 Å². The minimum atomic E-state index is -0.924. The number of ether oxygens (including phenoxy) is 5. The van der Waals surface area contributed by atoms with Crippen molar-refractivity contribution >= 4 is 37.5 Å². The highest BCUT2D eigenvalue weighted by Crippen LogP contribution is 2.42. The van der Waals surface area contributed by atoms with Gasteiger partial charge in [0.05, 0.1) is 6.61 Å². The van der Waals surface area contributed by atoms with Gasteiger partial charge < -0.3 is 38.8 Å². The van der Waals surface area contributed by atoms with Crippen LogP contribution in [0.1, 0.15) is 48.5 Å². The highest BCUT2D eigenvalue weighted by Gasteiger charge is 2.33. The van der Waals surface area contributed by atoms with Gasteiger partial charge >= 0.3 is 0 Å². The van der Waals surface area contributed by atoms with Gasteiger partial charge in [-0.05, 0) is 103 Å². The van der Waals surface area contributed by atoms with Crippen molar-refractivity contribution in [2.45, 2.75) is 51.5 Å². The smallest absolute Gasteiger partial charge is 0.271 e. The first-order chi connectivity index (χ1) is 22.8. The summed E-state index contributed by atoms with van der Waals surface area (Å²) in [7, 11) is 1.92. The number of halogens is 2. The van der Waals surface area contributed by atoms with Gasteiger partial charge in [0.2, 0.25) is 6.79 Å². The third-order valence-corrected chi connectivity index (χ3v) is 9.61. The Morgan fingerprint density at radius 3 is 2.53 bits per heavy atom. The average molecular weight is 773 g/mol. The van der Waals surface area contributed by atoms with Gasteiger partial charge in [-0.15, -0.1) is 0 Å². The lowest BCUT2D eigenvalue weighted by atomic mass is 9.96. The highest BCUT2D eigenvalue weighted by molar-refractivity contribution is 9.11. The zero-order chi connectivity index (χ0) is 32.9. The quantitative estimate of drug-likeness (QED) is 0.256. The molecule has 3 aromatic rings. The SMILES string of the molecule is CN(CCO)Cc1ccc(Br)cc1C(O)C1Oc2ccccc2O1.Cc1cc(N2COCCCC3=C2C=C(Br)CC3)cc2c1OCO2. The Labute approximate surface area is 292 Å². The predicted octanol–water partition coefficient (Wildman–Crippen LogP) is 7.33. The van der Waals surface area contributed by atoms with Crippen molar-refractivity contribution in [1.82, 2.24) is 4.90 Å². The van der Waals surface area contributed by atoms with Gasteiger partial charge in [-0.2, -0.15) is 0 Å². The molecular formula is C36H40Br2N2O7. The van der Waals surface area contributed by atoms with Gasteiger partial charge in [-0.25, -0.2) is 0 Å². The van der Waals surface area contributed by atoms with Crippen LogP contribution in [0.15, 0.2) is 80.9 Å². The second-order valence-electron chi connectivity index (χ2n) is 11.9. The first-order valence-corrected chi connectivity index (χ1v) is 17.4. The van der Waals surface area contributed by atoms with Crippen molar-refractivity contribution in [2.75, 3.05) is 45.2 Å². The van der Waals surface area contributed by atoms with Crippen LogP contribution in [-0.2, 0) is 11.3 Å². The van der Waals surface area contributed by atoms with Gasteiger partial charge in [-0.3, -0.25) is 4.90 Å². The largest absolute Gasteiger partial charge is 0.454 e. The van der Waals surface area contributed by atoms with Crippen molar-refractivity contribution in [1.29, 1.82) is 0 Å². The number of aliphatic hydroxyl groups excluding tert-OH is 2. The van der Waals surface area contributed by atoms with E-state index in [2.05, 4.69) is 61.9 Å². The molecule has 3 aliphatic heterocycles. The molecule has 0 saturated heterocycles. The highest BCUT2D eigenvalue weighted by atomic mass is 79.9. The van der Waals surface area contributed by atoms with Crippen LogP contribution in [0, 0.1) is 6.92 Å². The number of para-hydroxylation sites is 2. The minimum absolute atomic E-state index is 0.0923. The Morgan fingerprint density at radius 2 is 1.77 bits per heavy atom. The zero-order valence-electron chi connectivity index (χ0n) is 26.6. The number of benzene rings is 3. The van der Waals surface area contributed by atoms with E-state index in [9.17, 15) is 5.11 Å². The normalized spacial score (nSPS) is 17.9. The number of aliphatic hydroxyl groups is 2. The molecule has 0 spiro atoms. The number of allylic oxidation sites excluding steroid dienone is 3. The van der Waals surface area contributed by atoms with E-state index in [4.69, 9.17) is 28.8 Å². The number of aryl methyl sites for hydroxylation is 1. The summed E-state index contributed by atoms with van der Waals surface area (Å²) >= 11 is 7.13. The Hall–Kier alpha value is -3.06. The fourth-order valence-electron chi connectivity index (χ4n) is 6.11. The molecule has 0 radical (unpaired) electrons. The lowest BCUT2D eigenvalue weighted by Gasteiger charge is -2.32. The van der Waals surface area contributed by atoms with E-state index in [0.29, 0.717) is 38.1 Å². The molecule has 2 N–H and O–H groups in total. The van der Waals surface area contributed by atoms with Crippen LogP contribution < -0.4 is 23.8 Å². The first-order valence-electron chi connectivity index (χ1n) is 15.8. The average Bonchev–Trinajstić information content (AvgIpc) is 3.71. The van der Waals surface area contributed by atoms with Gasteiger partial charge in [0.1, 0.15) is 6.73 Å². The van der Waals surface area contributed by atoms with Gasteiger partial charge in [0.25, 0.3) is 6.29 Å². The number of fused-ring (bicyclic) bond motifs is 2. The van der Waals surface area contributed by atoms with Crippen LogP contribution >= 0.6 is 31.9 Å². The Morgan fingerprint density at radius 1 is 0.979 bits per heavy atom. The van der Waals surface area contributed by atoms with Crippen LogP contribution in [0.5, 0.6) is 23.0 Å². The van der Waals surface area contributed by atoms with Crippen molar-refractivity contribution in [3.8, 4) is 23.0 Å². The van der Waals surface area contributed by atoms with Crippen molar-refractivity contribution in [3.05, 3.63) is 97.6 Å². The summed E-state index contributed by atoms with van der Waals surface area (Å²) < 4.78 is 30.6. The maximum atomic E-state index is 10.8. The lowest BCUT2D eigenvalue weighted by Crippen LogP contribution is -2.29. The third kappa shape index (κ3) is 7.98. The molecule has 0 fully saturated rings. The first kappa shape index (κ1) is 33.8. The molecule has 4 aliphatic rings. The van der Waals surface area contributed by atoms with E-state index in [1.807, 2.05) is 54.4 Å². The lowest BCUT2D eigenvalue weighted by molar-refractivity contribution is -0.0610. The molecule has 0 bridgehead atoms. The summed E-state index contributed by atoms with van der Waals surface area (Å²) in [6, 6.07) is 17.3. The summed E-state index contributed by atoms with van der Waals surface area (Å²) in [6.45, 7) is 5.00. The number of likely N-dealkylation sites (N-methyl/N-ethyl adjacent to an activating group) is 1. The van der Waals surface area contributed by atoms with E-state index in [0.717, 1.165) is 70.6 Å². The number of rotatable bonds is 7.